The number of carbonyl (C=O) groups excluding carboxylic acids is 3. The number of Topliss-reactive ketones (excluding diaryl/α,β-unsaturated/α-hetero) is 1. The zero-order valence-electron chi connectivity index (χ0n) is 18.2. The van der Waals surface area contributed by atoms with Gasteiger partial charge in [-0.15, -0.1) is 6.58 Å². The molecule has 0 aromatic heterocycles. The predicted molar refractivity (Wildman–Crippen MR) is 115 cm³/mol. The minimum Gasteiger partial charge on any atom is -0.511 e. The SMILES string of the molecule is C=C(C)CC[C@H](NC(=O)CCCCCCC(=O)N[C@@H](CCC(C)=O)C(=O)O)C(=C)O. The van der Waals surface area contributed by atoms with Gasteiger partial charge in [-0.1, -0.05) is 25.0 Å². The number of rotatable bonds is 17. The molecule has 0 bridgehead atoms. The lowest BCUT2D eigenvalue weighted by atomic mass is 10.1. The highest BCUT2D eigenvalue weighted by atomic mass is 16.4. The Labute approximate surface area is 178 Å². The fourth-order valence-electron chi connectivity index (χ4n) is 2.78. The van der Waals surface area contributed by atoms with Gasteiger partial charge in [0.1, 0.15) is 17.6 Å². The number of hydrogen-bond acceptors (Lipinski definition) is 5. The number of aliphatic hydroxyl groups is 1. The first-order valence-electron chi connectivity index (χ1n) is 10.4. The third kappa shape index (κ3) is 14.4. The average Bonchev–Trinajstić information content (AvgIpc) is 2.63. The molecule has 0 aromatic carbocycles. The second-order valence-corrected chi connectivity index (χ2v) is 7.72. The van der Waals surface area contributed by atoms with E-state index in [1.807, 2.05) is 6.92 Å². The summed E-state index contributed by atoms with van der Waals surface area (Å²) in [5, 5.41) is 23.9. The highest BCUT2D eigenvalue weighted by Gasteiger charge is 2.20. The molecule has 8 heteroatoms. The van der Waals surface area contributed by atoms with Crippen molar-refractivity contribution in [1.82, 2.24) is 10.6 Å². The van der Waals surface area contributed by atoms with Crippen LogP contribution in [0.1, 0.15) is 78.1 Å². The molecule has 2 atom stereocenters. The predicted octanol–water partition coefficient (Wildman–Crippen LogP) is 3.18. The summed E-state index contributed by atoms with van der Waals surface area (Å²) in [5.74, 6) is -1.86. The van der Waals surface area contributed by atoms with Crippen LogP contribution in [-0.2, 0) is 19.2 Å². The number of carbonyl (C=O) groups is 4. The molecule has 0 aliphatic rings. The van der Waals surface area contributed by atoms with E-state index < -0.39 is 18.1 Å². The van der Waals surface area contributed by atoms with Crippen LogP contribution in [-0.4, -0.2) is 45.9 Å². The smallest absolute Gasteiger partial charge is 0.326 e. The van der Waals surface area contributed by atoms with Crippen LogP contribution >= 0.6 is 0 Å². The molecule has 0 spiro atoms. The molecule has 0 unspecified atom stereocenters. The number of aliphatic carboxylic acids is 1. The molecule has 0 rings (SSSR count). The third-order valence-corrected chi connectivity index (χ3v) is 4.57. The van der Waals surface area contributed by atoms with Crippen LogP contribution in [0.25, 0.3) is 0 Å². The van der Waals surface area contributed by atoms with E-state index in [0.29, 0.717) is 32.1 Å². The van der Waals surface area contributed by atoms with Gasteiger partial charge in [0.05, 0.1) is 6.04 Å². The molecule has 0 aliphatic carbocycles. The lowest BCUT2D eigenvalue weighted by Crippen LogP contribution is -2.40. The Balaban J connectivity index is 4.03. The molecule has 8 nitrogen and oxygen atoms in total. The second-order valence-electron chi connectivity index (χ2n) is 7.72. The first-order valence-corrected chi connectivity index (χ1v) is 10.4. The molecule has 170 valence electrons. The van der Waals surface area contributed by atoms with Crippen molar-refractivity contribution in [1.29, 1.82) is 0 Å². The van der Waals surface area contributed by atoms with Gasteiger partial charge in [-0.2, -0.15) is 0 Å². The van der Waals surface area contributed by atoms with Crippen molar-refractivity contribution in [3.8, 4) is 0 Å². The minimum atomic E-state index is -1.15. The largest absolute Gasteiger partial charge is 0.511 e. The van der Waals surface area contributed by atoms with Crippen molar-refractivity contribution in [3.63, 3.8) is 0 Å². The van der Waals surface area contributed by atoms with Crippen molar-refractivity contribution >= 4 is 23.6 Å². The van der Waals surface area contributed by atoms with Gasteiger partial charge in [-0.25, -0.2) is 4.79 Å². The molecular formula is C22H36N2O6. The number of unbranched alkanes of at least 4 members (excludes halogenated alkanes) is 3. The normalized spacial score (nSPS) is 12.5. The van der Waals surface area contributed by atoms with Crippen LogP contribution in [0.2, 0.25) is 0 Å². The summed E-state index contributed by atoms with van der Waals surface area (Å²) in [6, 6.07) is -1.53. The monoisotopic (exact) mass is 424 g/mol. The van der Waals surface area contributed by atoms with Gasteiger partial charge in [-0.3, -0.25) is 9.59 Å². The molecule has 30 heavy (non-hydrogen) atoms. The lowest BCUT2D eigenvalue weighted by molar-refractivity contribution is -0.142. The Hall–Kier alpha value is -2.64. The number of ketones is 1. The second kappa shape index (κ2) is 15.2. The standard InChI is InChI=1S/C22H36N2O6/c1-15(2)11-13-18(17(4)26)23-20(27)9-7-5-6-8-10-21(28)24-19(22(29)30)14-12-16(3)25/h18-19,26H,1,4-14H2,2-3H3,(H,23,27)(H,24,28)(H,29,30)/t18-,19-/m0/s1. The van der Waals surface area contributed by atoms with E-state index in [9.17, 15) is 24.3 Å². The van der Waals surface area contributed by atoms with Gasteiger partial charge < -0.3 is 25.6 Å². The molecule has 0 heterocycles. The van der Waals surface area contributed by atoms with Gasteiger partial charge >= 0.3 is 5.97 Å². The highest BCUT2D eigenvalue weighted by molar-refractivity contribution is 5.84. The van der Waals surface area contributed by atoms with E-state index in [2.05, 4.69) is 23.8 Å². The number of amides is 2. The summed E-state index contributed by atoms with van der Waals surface area (Å²) in [5.41, 5.74) is 0.966. The van der Waals surface area contributed by atoms with E-state index in [0.717, 1.165) is 18.4 Å². The molecule has 0 saturated heterocycles. The Morgan fingerprint density at radius 1 is 0.733 bits per heavy atom. The van der Waals surface area contributed by atoms with E-state index in [-0.39, 0.29) is 42.6 Å². The fraction of sp³-hybridized carbons (Fsp3) is 0.636. The van der Waals surface area contributed by atoms with Crippen molar-refractivity contribution in [2.75, 3.05) is 0 Å². The number of carboxylic acids is 1. The van der Waals surface area contributed by atoms with E-state index >= 15 is 0 Å². The van der Waals surface area contributed by atoms with E-state index in [4.69, 9.17) is 5.11 Å². The topological polar surface area (TPSA) is 133 Å². The fourth-order valence-corrected chi connectivity index (χ4v) is 2.78. The van der Waals surface area contributed by atoms with Crippen LogP contribution in [0.15, 0.2) is 24.5 Å². The zero-order chi connectivity index (χ0) is 23.1. The van der Waals surface area contributed by atoms with Crippen LogP contribution < -0.4 is 10.6 Å². The molecule has 0 aliphatic heterocycles. The number of allylic oxidation sites excluding steroid dienone is 1. The maximum Gasteiger partial charge on any atom is 0.326 e. The summed E-state index contributed by atoms with van der Waals surface area (Å²) in [6.45, 7) is 10.6. The third-order valence-electron chi connectivity index (χ3n) is 4.57. The molecule has 2 amide bonds. The quantitative estimate of drug-likeness (QED) is 0.161. The van der Waals surface area contributed by atoms with Crippen molar-refractivity contribution in [2.24, 2.45) is 0 Å². The molecule has 0 radical (unpaired) electrons. The minimum absolute atomic E-state index is 0.0708. The van der Waals surface area contributed by atoms with Crippen LogP contribution in [0.4, 0.5) is 0 Å². The van der Waals surface area contributed by atoms with Crippen molar-refractivity contribution < 1.29 is 29.4 Å². The summed E-state index contributed by atoms with van der Waals surface area (Å²) in [7, 11) is 0. The number of aliphatic hydroxyl groups excluding tert-OH is 1. The van der Waals surface area contributed by atoms with Crippen LogP contribution in [0.5, 0.6) is 0 Å². The van der Waals surface area contributed by atoms with Gasteiger partial charge in [0, 0.05) is 19.3 Å². The first kappa shape index (κ1) is 27.4. The molecule has 0 fully saturated rings. The summed E-state index contributed by atoms with van der Waals surface area (Å²) in [6.07, 6.45) is 4.66. The Kier molecular flexibility index (Phi) is 13.9. The number of carboxylic acid groups (broad SMARTS) is 1. The Bertz CT molecular complexity index is 575. The maximum atomic E-state index is 12.0. The van der Waals surface area contributed by atoms with Crippen LogP contribution in [0, 0.1) is 0 Å². The first-order chi connectivity index (χ1) is 14.0. The molecule has 0 saturated carbocycles. The van der Waals surface area contributed by atoms with Crippen LogP contribution in [0.3, 0.4) is 0 Å². The molecular weight excluding hydrogens is 388 g/mol. The Morgan fingerprint density at radius 2 is 1.20 bits per heavy atom. The molecule has 0 aromatic rings. The highest BCUT2D eigenvalue weighted by Crippen LogP contribution is 2.11. The average molecular weight is 425 g/mol. The van der Waals surface area contributed by atoms with Gasteiger partial charge in [0.15, 0.2) is 0 Å². The van der Waals surface area contributed by atoms with Crippen molar-refractivity contribution in [3.05, 3.63) is 24.5 Å². The van der Waals surface area contributed by atoms with Crippen molar-refractivity contribution in [2.45, 2.75) is 90.1 Å². The van der Waals surface area contributed by atoms with E-state index in [1.54, 1.807) is 0 Å². The Morgan fingerprint density at radius 3 is 1.60 bits per heavy atom. The summed E-state index contributed by atoms with van der Waals surface area (Å²) in [4.78, 5) is 46.0. The maximum absolute atomic E-state index is 12.0. The summed E-state index contributed by atoms with van der Waals surface area (Å²) < 4.78 is 0. The number of nitrogens with one attached hydrogen (secondary N) is 2. The zero-order valence-corrected chi connectivity index (χ0v) is 18.2. The molecule has 4 N–H and O–H groups in total. The lowest BCUT2D eigenvalue weighted by Gasteiger charge is -2.17. The van der Waals surface area contributed by atoms with Gasteiger partial charge in [0.25, 0.3) is 0 Å². The number of hydrogen-bond donors (Lipinski definition) is 4. The van der Waals surface area contributed by atoms with Gasteiger partial charge in [0.2, 0.25) is 11.8 Å². The van der Waals surface area contributed by atoms with E-state index in [1.165, 1.54) is 6.92 Å². The summed E-state index contributed by atoms with van der Waals surface area (Å²) >= 11 is 0. The van der Waals surface area contributed by atoms with Gasteiger partial charge in [-0.05, 0) is 46.0 Å².